The molecule has 0 spiro atoms. The van der Waals surface area contributed by atoms with Gasteiger partial charge in [0.05, 0.1) is 0 Å². The van der Waals surface area contributed by atoms with Crippen LogP contribution in [0.4, 0.5) is 5.69 Å². The summed E-state index contributed by atoms with van der Waals surface area (Å²) < 4.78 is 5.83. The molecule has 0 amide bonds. The van der Waals surface area contributed by atoms with E-state index < -0.39 is 0 Å². The van der Waals surface area contributed by atoms with Crippen molar-refractivity contribution in [2.45, 2.75) is 26.4 Å². The molecule has 21 heavy (non-hydrogen) atoms. The number of rotatable bonds is 8. The summed E-state index contributed by atoms with van der Waals surface area (Å²) in [5.41, 5.74) is 9.08. The Morgan fingerprint density at radius 2 is 1.76 bits per heavy atom. The van der Waals surface area contributed by atoms with Crippen LogP contribution in [-0.2, 0) is 6.61 Å². The predicted molar refractivity (Wildman–Crippen MR) is 88.7 cm³/mol. The first-order valence-corrected chi connectivity index (χ1v) is 7.51. The number of anilines is 1. The Bertz CT molecular complexity index is 537. The van der Waals surface area contributed by atoms with E-state index in [1.54, 1.807) is 0 Å². The lowest BCUT2D eigenvalue weighted by Gasteiger charge is -2.10. The van der Waals surface area contributed by atoms with Crippen LogP contribution in [0, 0.1) is 6.92 Å². The molecule has 0 bridgehead atoms. The van der Waals surface area contributed by atoms with Crippen LogP contribution in [0.2, 0.25) is 0 Å². The van der Waals surface area contributed by atoms with Gasteiger partial charge in [-0.05, 0) is 61.7 Å². The average Bonchev–Trinajstić information content (AvgIpc) is 2.52. The molecule has 0 aliphatic heterocycles. The molecule has 2 rings (SSSR count). The molecule has 3 heteroatoms. The summed E-state index contributed by atoms with van der Waals surface area (Å²) >= 11 is 0. The average molecular weight is 284 g/mol. The van der Waals surface area contributed by atoms with Crippen LogP contribution < -0.4 is 15.8 Å². The number of aryl methyl sites for hydroxylation is 1. The zero-order valence-corrected chi connectivity index (χ0v) is 12.6. The zero-order chi connectivity index (χ0) is 14.9. The molecule has 0 saturated carbocycles. The van der Waals surface area contributed by atoms with Gasteiger partial charge in [-0.3, -0.25) is 0 Å². The lowest BCUT2D eigenvalue weighted by atomic mass is 10.1. The number of benzene rings is 2. The molecular weight excluding hydrogens is 260 g/mol. The highest BCUT2D eigenvalue weighted by atomic mass is 16.5. The third kappa shape index (κ3) is 5.12. The second-order valence-electron chi connectivity index (χ2n) is 5.16. The Labute approximate surface area is 127 Å². The molecule has 0 saturated heterocycles. The number of hydrogen-bond donors (Lipinski definition) is 2. The van der Waals surface area contributed by atoms with Gasteiger partial charge in [0, 0.05) is 12.2 Å². The highest BCUT2D eigenvalue weighted by Crippen LogP contribution is 2.18. The highest BCUT2D eigenvalue weighted by molar-refractivity contribution is 5.46. The quantitative estimate of drug-likeness (QED) is 0.726. The Hall–Kier alpha value is -2.00. The van der Waals surface area contributed by atoms with Gasteiger partial charge in [-0.15, -0.1) is 0 Å². The maximum absolute atomic E-state index is 5.83. The molecule has 112 valence electrons. The summed E-state index contributed by atoms with van der Waals surface area (Å²) in [6, 6.07) is 16.4. The van der Waals surface area contributed by atoms with E-state index in [1.807, 2.05) is 24.3 Å². The first-order chi connectivity index (χ1) is 10.3. The van der Waals surface area contributed by atoms with Gasteiger partial charge in [-0.1, -0.05) is 24.3 Å². The van der Waals surface area contributed by atoms with Crippen LogP contribution in [-0.4, -0.2) is 13.1 Å². The topological polar surface area (TPSA) is 47.3 Å². The fraction of sp³-hybridized carbons (Fsp3) is 0.333. The maximum atomic E-state index is 5.83. The Morgan fingerprint density at radius 3 is 2.48 bits per heavy atom. The summed E-state index contributed by atoms with van der Waals surface area (Å²) in [5, 5.41) is 3.38. The molecule has 3 nitrogen and oxygen atoms in total. The minimum absolute atomic E-state index is 0.607. The summed E-state index contributed by atoms with van der Waals surface area (Å²) in [5.74, 6) is 0.894. The van der Waals surface area contributed by atoms with Crippen molar-refractivity contribution in [3.05, 3.63) is 59.7 Å². The third-order valence-electron chi connectivity index (χ3n) is 3.47. The second-order valence-corrected chi connectivity index (χ2v) is 5.16. The molecular formula is C18H24N2O. The van der Waals surface area contributed by atoms with Crippen LogP contribution in [0.15, 0.2) is 48.5 Å². The molecule has 0 atom stereocenters. The van der Waals surface area contributed by atoms with Crippen molar-refractivity contribution < 1.29 is 4.74 Å². The van der Waals surface area contributed by atoms with E-state index in [9.17, 15) is 0 Å². The van der Waals surface area contributed by atoms with Crippen molar-refractivity contribution in [3.8, 4) is 5.75 Å². The minimum Gasteiger partial charge on any atom is -0.489 e. The normalized spacial score (nSPS) is 10.4. The van der Waals surface area contributed by atoms with Crippen LogP contribution in [0.5, 0.6) is 5.75 Å². The van der Waals surface area contributed by atoms with Crippen LogP contribution in [0.3, 0.4) is 0 Å². The third-order valence-corrected chi connectivity index (χ3v) is 3.47. The SMILES string of the molecule is Cc1ccccc1COc1ccc(NCCCCN)cc1. The van der Waals surface area contributed by atoms with Gasteiger partial charge in [0.2, 0.25) is 0 Å². The summed E-state index contributed by atoms with van der Waals surface area (Å²) in [4.78, 5) is 0. The number of ether oxygens (including phenoxy) is 1. The smallest absolute Gasteiger partial charge is 0.119 e. The van der Waals surface area contributed by atoms with E-state index in [2.05, 4.69) is 36.5 Å². The lowest BCUT2D eigenvalue weighted by Crippen LogP contribution is -2.05. The molecule has 0 aromatic heterocycles. The lowest BCUT2D eigenvalue weighted by molar-refractivity contribution is 0.305. The van der Waals surface area contributed by atoms with Gasteiger partial charge < -0.3 is 15.8 Å². The fourth-order valence-corrected chi connectivity index (χ4v) is 2.10. The van der Waals surface area contributed by atoms with Crippen LogP contribution in [0.1, 0.15) is 24.0 Å². The first-order valence-electron chi connectivity index (χ1n) is 7.51. The number of nitrogens with two attached hydrogens (primary N) is 1. The Morgan fingerprint density at radius 1 is 1.00 bits per heavy atom. The number of unbranched alkanes of at least 4 members (excludes halogenated alkanes) is 1. The van der Waals surface area contributed by atoms with Crippen LogP contribution >= 0.6 is 0 Å². The molecule has 0 fully saturated rings. The standard InChI is InChI=1S/C18H24N2O/c1-15-6-2-3-7-16(15)14-21-18-10-8-17(9-11-18)20-13-5-4-12-19/h2-3,6-11,20H,4-5,12-14,19H2,1H3. The van der Waals surface area contributed by atoms with E-state index in [0.29, 0.717) is 6.61 Å². The van der Waals surface area contributed by atoms with E-state index in [-0.39, 0.29) is 0 Å². The molecule has 2 aromatic carbocycles. The number of nitrogens with one attached hydrogen (secondary N) is 1. The monoisotopic (exact) mass is 284 g/mol. The fourth-order valence-electron chi connectivity index (χ4n) is 2.10. The van der Waals surface area contributed by atoms with E-state index in [0.717, 1.165) is 37.4 Å². The minimum atomic E-state index is 0.607. The first kappa shape index (κ1) is 15.4. The van der Waals surface area contributed by atoms with Gasteiger partial charge in [0.15, 0.2) is 0 Å². The summed E-state index contributed by atoms with van der Waals surface area (Å²) in [6.07, 6.45) is 2.16. The molecule has 0 heterocycles. The van der Waals surface area contributed by atoms with Gasteiger partial charge in [-0.2, -0.15) is 0 Å². The molecule has 0 aliphatic rings. The van der Waals surface area contributed by atoms with Crippen molar-refractivity contribution in [2.24, 2.45) is 5.73 Å². The van der Waals surface area contributed by atoms with Gasteiger partial charge in [0.25, 0.3) is 0 Å². The zero-order valence-electron chi connectivity index (χ0n) is 12.6. The summed E-state index contributed by atoms with van der Waals surface area (Å²) in [7, 11) is 0. The van der Waals surface area contributed by atoms with Crippen molar-refractivity contribution >= 4 is 5.69 Å². The van der Waals surface area contributed by atoms with Gasteiger partial charge in [-0.25, -0.2) is 0 Å². The maximum Gasteiger partial charge on any atom is 0.119 e. The Balaban J connectivity index is 1.81. The van der Waals surface area contributed by atoms with Gasteiger partial charge in [0.1, 0.15) is 12.4 Å². The van der Waals surface area contributed by atoms with E-state index in [4.69, 9.17) is 10.5 Å². The van der Waals surface area contributed by atoms with E-state index >= 15 is 0 Å². The van der Waals surface area contributed by atoms with Crippen molar-refractivity contribution in [1.29, 1.82) is 0 Å². The molecule has 0 aliphatic carbocycles. The molecule has 2 aromatic rings. The van der Waals surface area contributed by atoms with Crippen molar-refractivity contribution in [3.63, 3.8) is 0 Å². The highest BCUT2D eigenvalue weighted by Gasteiger charge is 1.99. The Kier molecular flexibility index (Phi) is 6.10. The largest absolute Gasteiger partial charge is 0.489 e. The van der Waals surface area contributed by atoms with Gasteiger partial charge >= 0.3 is 0 Å². The van der Waals surface area contributed by atoms with E-state index in [1.165, 1.54) is 11.1 Å². The molecule has 0 unspecified atom stereocenters. The second kappa shape index (κ2) is 8.32. The van der Waals surface area contributed by atoms with Crippen molar-refractivity contribution in [1.82, 2.24) is 0 Å². The molecule has 0 radical (unpaired) electrons. The van der Waals surface area contributed by atoms with Crippen LogP contribution in [0.25, 0.3) is 0 Å². The number of hydrogen-bond acceptors (Lipinski definition) is 3. The summed E-state index contributed by atoms with van der Waals surface area (Å²) in [6.45, 7) is 4.43. The van der Waals surface area contributed by atoms with Crippen molar-refractivity contribution in [2.75, 3.05) is 18.4 Å². The predicted octanol–water partition coefficient (Wildman–Crippen LogP) is 3.72. The molecule has 3 N–H and O–H groups in total.